The zero-order valence-corrected chi connectivity index (χ0v) is 11.0. The highest BCUT2D eigenvalue weighted by molar-refractivity contribution is 5.45. The third kappa shape index (κ3) is 2.19. The van der Waals surface area contributed by atoms with Crippen molar-refractivity contribution in [3.05, 3.63) is 45.9 Å². The summed E-state index contributed by atoms with van der Waals surface area (Å²) in [6, 6.07) is 4.61. The molecule has 7 heteroatoms. The van der Waals surface area contributed by atoms with Crippen LogP contribution in [0.3, 0.4) is 0 Å². The number of aromatic nitrogens is 2. The van der Waals surface area contributed by atoms with Gasteiger partial charge in [0.05, 0.1) is 16.9 Å². The predicted octanol–water partition coefficient (Wildman–Crippen LogP) is 2.57. The molecule has 2 N–H and O–H groups in total. The number of nitrogens with zero attached hydrogens (tertiary/aromatic N) is 2. The van der Waals surface area contributed by atoms with Gasteiger partial charge in [0.15, 0.2) is 0 Å². The number of hydrogen-bond acceptors (Lipinski definition) is 2. The summed E-state index contributed by atoms with van der Waals surface area (Å²) in [5, 5.41) is 0. The molecular formula is C13H14F3N3O. The van der Waals surface area contributed by atoms with Gasteiger partial charge in [0.1, 0.15) is 5.69 Å². The summed E-state index contributed by atoms with van der Waals surface area (Å²) in [5.41, 5.74) is 5.08. The molecule has 2 aromatic rings. The van der Waals surface area contributed by atoms with Gasteiger partial charge in [-0.3, -0.25) is 9.48 Å². The van der Waals surface area contributed by atoms with Crippen molar-refractivity contribution in [1.82, 2.24) is 9.36 Å². The molecule has 0 aliphatic rings. The van der Waals surface area contributed by atoms with E-state index < -0.39 is 17.3 Å². The van der Waals surface area contributed by atoms with Crippen LogP contribution in [0.4, 0.5) is 18.9 Å². The number of rotatable bonds is 2. The van der Waals surface area contributed by atoms with Crippen molar-refractivity contribution in [1.29, 1.82) is 0 Å². The van der Waals surface area contributed by atoms with Crippen LogP contribution < -0.4 is 11.3 Å². The number of hydrogen-bond donors (Lipinski definition) is 1. The van der Waals surface area contributed by atoms with Crippen LogP contribution in [0.25, 0.3) is 5.69 Å². The molecule has 4 nitrogen and oxygen atoms in total. The van der Waals surface area contributed by atoms with Gasteiger partial charge in [-0.1, -0.05) is 6.07 Å². The predicted molar refractivity (Wildman–Crippen MR) is 69.9 cm³/mol. The van der Waals surface area contributed by atoms with Crippen LogP contribution in [0.5, 0.6) is 0 Å². The van der Waals surface area contributed by atoms with Crippen LogP contribution in [-0.4, -0.2) is 9.36 Å². The van der Waals surface area contributed by atoms with E-state index in [0.717, 1.165) is 12.1 Å². The molecule has 1 heterocycles. The fraction of sp³-hybridized carbons (Fsp3) is 0.308. The zero-order valence-electron chi connectivity index (χ0n) is 11.0. The highest BCUT2D eigenvalue weighted by Crippen LogP contribution is 2.30. The van der Waals surface area contributed by atoms with Crippen molar-refractivity contribution in [2.24, 2.45) is 0 Å². The minimum absolute atomic E-state index is 0.0456. The molecule has 0 atom stereocenters. The molecular weight excluding hydrogens is 271 g/mol. The van der Waals surface area contributed by atoms with Gasteiger partial charge < -0.3 is 5.73 Å². The summed E-state index contributed by atoms with van der Waals surface area (Å²) in [6.45, 7) is 3.87. The number of nitrogens with two attached hydrogens (primary N) is 1. The Balaban J connectivity index is 2.70. The molecule has 0 aliphatic heterocycles. The molecule has 0 unspecified atom stereocenters. The molecule has 0 saturated carbocycles. The Labute approximate surface area is 113 Å². The lowest BCUT2D eigenvalue weighted by Crippen LogP contribution is -2.22. The molecule has 20 heavy (non-hydrogen) atoms. The van der Waals surface area contributed by atoms with Crippen molar-refractivity contribution in [3.8, 4) is 5.69 Å². The van der Waals surface area contributed by atoms with Crippen molar-refractivity contribution in [2.45, 2.75) is 26.6 Å². The Morgan fingerprint density at radius 2 is 1.95 bits per heavy atom. The van der Waals surface area contributed by atoms with Gasteiger partial charge in [0.2, 0.25) is 0 Å². The summed E-state index contributed by atoms with van der Waals surface area (Å²) < 4.78 is 40.9. The van der Waals surface area contributed by atoms with E-state index in [1.54, 1.807) is 18.5 Å². The van der Waals surface area contributed by atoms with Crippen LogP contribution in [0, 0.1) is 6.92 Å². The van der Waals surface area contributed by atoms with Crippen molar-refractivity contribution in [2.75, 3.05) is 5.73 Å². The molecule has 0 spiro atoms. The molecule has 0 bridgehead atoms. The molecule has 2 rings (SSSR count). The van der Waals surface area contributed by atoms with E-state index in [1.807, 2.05) is 0 Å². The quantitative estimate of drug-likeness (QED) is 0.922. The maximum Gasteiger partial charge on any atom is 0.416 e. The Hall–Kier alpha value is -2.18. The molecule has 1 aromatic carbocycles. The first-order valence-corrected chi connectivity index (χ1v) is 6.03. The number of alkyl halides is 3. The maximum atomic E-state index is 12.7. The summed E-state index contributed by atoms with van der Waals surface area (Å²) in [7, 11) is 0. The molecule has 0 amide bonds. The zero-order chi connectivity index (χ0) is 15.1. The van der Waals surface area contributed by atoms with Crippen LogP contribution in [-0.2, 0) is 12.7 Å². The van der Waals surface area contributed by atoms with Crippen molar-refractivity contribution < 1.29 is 13.2 Å². The van der Waals surface area contributed by atoms with E-state index in [-0.39, 0.29) is 11.4 Å². The fourth-order valence-corrected chi connectivity index (χ4v) is 2.12. The van der Waals surface area contributed by atoms with Gasteiger partial charge in [-0.05, 0) is 32.0 Å². The van der Waals surface area contributed by atoms with E-state index in [4.69, 9.17) is 5.73 Å². The third-order valence-corrected chi connectivity index (χ3v) is 3.16. The van der Waals surface area contributed by atoms with Crippen LogP contribution in [0.15, 0.2) is 29.1 Å². The van der Waals surface area contributed by atoms with E-state index in [2.05, 4.69) is 0 Å². The Morgan fingerprint density at radius 1 is 1.30 bits per heavy atom. The molecule has 0 aliphatic carbocycles. The van der Waals surface area contributed by atoms with Crippen molar-refractivity contribution >= 4 is 5.69 Å². The lowest BCUT2D eigenvalue weighted by molar-refractivity contribution is -0.137. The van der Waals surface area contributed by atoms with Gasteiger partial charge >= 0.3 is 6.18 Å². The maximum absolute atomic E-state index is 12.7. The Kier molecular flexibility index (Phi) is 3.37. The lowest BCUT2D eigenvalue weighted by atomic mass is 10.2. The molecule has 1 aromatic heterocycles. The van der Waals surface area contributed by atoms with E-state index in [0.29, 0.717) is 12.2 Å². The first kappa shape index (κ1) is 14.2. The largest absolute Gasteiger partial charge is 0.416 e. The highest BCUT2D eigenvalue weighted by atomic mass is 19.4. The van der Waals surface area contributed by atoms with E-state index in [9.17, 15) is 18.0 Å². The van der Waals surface area contributed by atoms with Crippen LogP contribution in [0.2, 0.25) is 0 Å². The van der Waals surface area contributed by atoms with Crippen LogP contribution in [0.1, 0.15) is 18.2 Å². The number of benzene rings is 1. The van der Waals surface area contributed by atoms with Gasteiger partial charge in [0, 0.05) is 6.54 Å². The summed E-state index contributed by atoms with van der Waals surface area (Å²) in [5.74, 6) is 0. The van der Waals surface area contributed by atoms with E-state index >= 15 is 0 Å². The highest BCUT2D eigenvalue weighted by Gasteiger charge is 2.31. The van der Waals surface area contributed by atoms with Crippen molar-refractivity contribution in [3.63, 3.8) is 0 Å². The lowest BCUT2D eigenvalue weighted by Gasteiger charge is -2.13. The second kappa shape index (κ2) is 4.73. The van der Waals surface area contributed by atoms with Gasteiger partial charge in [-0.25, -0.2) is 4.68 Å². The molecule has 108 valence electrons. The van der Waals surface area contributed by atoms with E-state index in [1.165, 1.54) is 16.8 Å². The van der Waals surface area contributed by atoms with Crippen LogP contribution >= 0.6 is 0 Å². The SMILES string of the molecule is CCn1c(C)c(N)c(=O)n1-c1cccc(C(F)(F)F)c1. The Morgan fingerprint density at radius 3 is 2.50 bits per heavy atom. The van der Waals surface area contributed by atoms with Gasteiger partial charge in [-0.15, -0.1) is 0 Å². The number of anilines is 1. The summed E-state index contributed by atoms with van der Waals surface area (Å²) in [4.78, 5) is 12.1. The average molecular weight is 285 g/mol. The topological polar surface area (TPSA) is 52.9 Å². The minimum Gasteiger partial charge on any atom is -0.393 e. The third-order valence-electron chi connectivity index (χ3n) is 3.16. The Bertz CT molecular complexity index is 698. The number of halogens is 3. The summed E-state index contributed by atoms with van der Waals surface area (Å²) in [6.07, 6.45) is -4.45. The number of nitrogen functional groups attached to an aromatic ring is 1. The molecule has 0 fully saturated rings. The first-order valence-electron chi connectivity index (χ1n) is 6.03. The molecule has 0 radical (unpaired) electrons. The monoisotopic (exact) mass is 285 g/mol. The standard InChI is InChI=1S/C13H14F3N3O/c1-3-18-8(2)11(17)12(20)19(18)10-6-4-5-9(7-10)13(14,15)16/h4-7H,3,17H2,1-2H3. The van der Waals surface area contributed by atoms with Gasteiger partial charge in [-0.2, -0.15) is 13.2 Å². The molecule has 0 saturated heterocycles. The minimum atomic E-state index is -4.45. The second-order valence-corrected chi connectivity index (χ2v) is 4.38. The fourth-order valence-electron chi connectivity index (χ4n) is 2.12. The summed E-state index contributed by atoms with van der Waals surface area (Å²) >= 11 is 0. The average Bonchev–Trinajstić information content (AvgIpc) is 2.62. The second-order valence-electron chi connectivity index (χ2n) is 4.38. The first-order chi connectivity index (χ1) is 9.27. The van der Waals surface area contributed by atoms with Gasteiger partial charge in [0.25, 0.3) is 5.56 Å². The normalized spacial score (nSPS) is 11.8. The smallest absolute Gasteiger partial charge is 0.393 e.